The third-order valence-corrected chi connectivity index (χ3v) is 4.47. The molecular weight excluding hydrogens is 380 g/mol. The number of furan rings is 1. The van der Waals surface area contributed by atoms with Crippen LogP contribution >= 0.6 is 11.3 Å². The summed E-state index contributed by atoms with van der Waals surface area (Å²) < 4.78 is 6.79. The predicted octanol–water partition coefficient (Wildman–Crippen LogP) is 2.75. The lowest BCUT2D eigenvalue weighted by Gasteiger charge is -2.05. The molecule has 4 heterocycles. The monoisotopic (exact) mass is 394 g/mol. The third-order valence-electron chi connectivity index (χ3n) is 3.66. The van der Waals surface area contributed by atoms with Gasteiger partial charge >= 0.3 is 0 Å². The second-order valence-corrected chi connectivity index (χ2v) is 6.53. The lowest BCUT2D eigenvalue weighted by Crippen LogP contribution is -2.15. The zero-order valence-corrected chi connectivity index (χ0v) is 15.2. The van der Waals surface area contributed by atoms with Crippen LogP contribution in [0.25, 0.3) is 5.82 Å². The van der Waals surface area contributed by atoms with Gasteiger partial charge in [-0.25, -0.2) is 15.0 Å². The van der Waals surface area contributed by atoms with Crippen LogP contribution in [0.2, 0.25) is 0 Å². The summed E-state index contributed by atoms with van der Waals surface area (Å²) in [6, 6.07) is 6.73. The molecule has 2 amide bonds. The Morgan fingerprint density at radius 3 is 2.86 bits per heavy atom. The molecule has 0 unspecified atom stereocenters. The van der Waals surface area contributed by atoms with Crippen LogP contribution in [-0.2, 0) is 11.2 Å². The number of carbonyl (C=O) groups excluding carboxylic acids is 2. The summed E-state index contributed by atoms with van der Waals surface area (Å²) >= 11 is 1.24. The normalized spacial score (nSPS) is 10.6. The van der Waals surface area contributed by atoms with E-state index in [1.807, 2.05) is 0 Å². The number of amides is 2. The Morgan fingerprint density at radius 2 is 2.14 bits per heavy atom. The molecule has 0 bridgehead atoms. The van der Waals surface area contributed by atoms with Crippen molar-refractivity contribution in [3.05, 3.63) is 72.3 Å². The van der Waals surface area contributed by atoms with E-state index < -0.39 is 0 Å². The van der Waals surface area contributed by atoms with E-state index in [4.69, 9.17) is 4.42 Å². The van der Waals surface area contributed by atoms with E-state index in [1.54, 1.807) is 59.1 Å². The molecule has 0 atom stereocenters. The molecule has 0 aliphatic rings. The molecular formula is C18H14N6O3S. The van der Waals surface area contributed by atoms with Crippen molar-refractivity contribution in [1.82, 2.24) is 19.5 Å². The fourth-order valence-corrected chi connectivity index (χ4v) is 3.09. The topological polar surface area (TPSA) is 115 Å². The summed E-state index contributed by atoms with van der Waals surface area (Å²) in [6.07, 6.45) is 8.16. The smallest absolute Gasteiger partial charge is 0.293 e. The van der Waals surface area contributed by atoms with Crippen molar-refractivity contribution in [2.45, 2.75) is 6.42 Å². The van der Waals surface area contributed by atoms with Gasteiger partial charge in [-0.15, -0.1) is 11.3 Å². The van der Waals surface area contributed by atoms with E-state index in [1.165, 1.54) is 17.6 Å². The highest BCUT2D eigenvalue weighted by Crippen LogP contribution is 2.18. The molecule has 140 valence electrons. The van der Waals surface area contributed by atoms with Crippen molar-refractivity contribution < 1.29 is 14.0 Å². The number of nitrogens with zero attached hydrogens (tertiary/aromatic N) is 4. The van der Waals surface area contributed by atoms with Crippen LogP contribution in [0.4, 0.5) is 10.8 Å². The number of carbonyl (C=O) groups is 2. The number of imidazole rings is 1. The zero-order chi connectivity index (χ0) is 19.3. The molecule has 10 heteroatoms. The maximum Gasteiger partial charge on any atom is 0.293 e. The van der Waals surface area contributed by atoms with Crippen LogP contribution in [0.15, 0.2) is 65.2 Å². The number of thiazole rings is 1. The molecule has 0 spiro atoms. The highest BCUT2D eigenvalue weighted by atomic mass is 32.1. The molecule has 9 nitrogen and oxygen atoms in total. The Kier molecular flexibility index (Phi) is 4.93. The number of rotatable bonds is 6. The Morgan fingerprint density at radius 1 is 1.21 bits per heavy atom. The van der Waals surface area contributed by atoms with Crippen LogP contribution in [0, 0.1) is 0 Å². The van der Waals surface area contributed by atoms with Crippen molar-refractivity contribution in [3.8, 4) is 5.82 Å². The third kappa shape index (κ3) is 4.13. The number of aromatic nitrogens is 4. The molecule has 0 aromatic carbocycles. The Labute approximate surface area is 163 Å². The summed E-state index contributed by atoms with van der Waals surface area (Å²) in [7, 11) is 0. The number of pyridine rings is 1. The first-order valence-corrected chi connectivity index (χ1v) is 9.09. The number of hydrogen-bond donors (Lipinski definition) is 2. The van der Waals surface area contributed by atoms with E-state index >= 15 is 0 Å². The van der Waals surface area contributed by atoms with Crippen molar-refractivity contribution >= 4 is 34.0 Å². The Hall–Kier alpha value is -3.79. The summed E-state index contributed by atoms with van der Waals surface area (Å²) in [6.45, 7) is 0. The fraction of sp³-hybridized carbons (Fsp3) is 0.0556. The van der Waals surface area contributed by atoms with Crippen LogP contribution < -0.4 is 10.6 Å². The SMILES string of the molecule is O=C(Cc1csc(NC(=O)c2ccco2)n1)Nc1ccc(-n2ccnc2)nc1. The highest BCUT2D eigenvalue weighted by Gasteiger charge is 2.13. The van der Waals surface area contributed by atoms with Gasteiger partial charge in [0.05, 0.1) is 30.3 Å². The van der Waals surface area contributed by atoms with Gasteiger partial charge < -0.3 is 9.73 Å². The summed E-state index contributed by atoms with van der Waals surface area (Å²) in [5.74, 6) is 0.277. The minimum atomic E-state index is -0.389. The molecule has 0 saturated heterocycles. The van der Waals surface area contributed by atoms with Crippen LogP contribution in [0.1, 0.15) is 16.2 Å². The lowest BCUT2D eigenvalue weighted by molar-refractivity contribution is -0.115. The minimum Gasteiger partial charge on any atom is -0.459 e. The molecule has 28 heavy (non-hydrogen) atoms. The first-order chi connectivity index (χ1) is 13.7. The molecule has 0 aliphatic carbocycles. The maximum absolute atomic E-state index is 12.2. The highest BCUT2D eigenvalue weighted by molar-refractivity contribution is 7.14. The van der Waals surface area contributed by atoms with Crippen LogP contribution in [-0.4, -0.2) is 31.3 Å². The van der Waals surface area contributed by atoms with Crippen molar-refractivity contribution in [1.29, 1.82) is 0 Å². The second-order valence-electron chi connectivity index (χ2n) is 5.68. The van der Waals surface area contributed by atoms with Gasteiger partial charge in [0.15, 0.2) is 10.9 Å². The predicted molar refractivity (Wildman–Crippen MR) is 102 cm³/mol. The number of nitrogens with one attached hydrogen (secondary N) is 2. The first kappa shape index (κ1) is 17.6. The van der Waals surface area contributed by atoms with E-state index in [0.29, 0.717) is 22.3 Å². The minimum absolute atomic E-state index is 0.0798. The van der Waals surface area contributed by atoms with E-state index in [0.717, 1.165) is 0 Å². The number of anilines is 2. The summed E-state index contributed by atoms with van der Waals surface area (Å²) in [5.41, 5.74) is 1.13. The van der Waals surface area contributed by atoms with Gasteiger partial charge in [-0.05, 0) is 24.3 Å². The molecule has 4 aromatic rings. The lowest BCUT2D eigenvalue weighted by atomic mass is 10.3. The molecule has 4 aromatic heterocycles. The van der Waals surface area contributed by atoms with Gasteiger partial charge in [-0.1, -0.05) is 0 Å². The largest absolute Gasteiger partial charge is 0.459 e. The van der Waals surface area contributed by atoms with Gasteiger partial charge in [0.25, 0.3) is 5.91 Å². The van der Waals surface area contributed by atoms with Gasteiger partial charge in [0.2, 0.25) is 5.91 Å². The average Bonchev–Trinajstić information content (AvgIpc) is 3.45. The van der Waals surface area contributed by atoms with Crippen LogP contribution in [0.3, 0.4) is 0 Å². The molecule has 0 aliphatic heterocycles. The Balaban J connectivity index is 1.33. The maximum atomic E-state index is 12.2. The zero-order valence-electron chi connectivity index (χ0n) is 14.4. The average molecular weight is 394 g/mol. The van der Waals surface area contributed by atoms with Gasteiger partial charge in [0, 0.05) is 17.8 Å². The molecule has 2 N–H and O–H groups in total. The molecule has 0 radical (unpaired) electrons. The van der Waals surface area contributed by atoms with Crippen LogP contribution in [0.5, 0.6) is 0 Å². The Bertz CT molecular complexity index is 1070. The van der Waals surface area contributed by atoms with E-state index in [9.17, 15) is 9.59 Å². The van der Waals surface area contributed by atoms with Crippen molar-refractivity contribution in [2.24, 2.45) is 0 Å². The first-order valence-electron chi connectivity index (χ1n) is 8.21. The second kappa shape index (κ2) is 7.84. The summed E-state index contributed by atoms with van der Waals surface area (Å²) in [4.78, 5) is 36.6. The van der Waals surface area contributed by atoms with Crippen molar-refractivity contribution in [2.75, 3.05) is 10.6 Å². The van der Waals surface area contributed by atoms with E-state index in [2.05, 4.69) is 25.6 Å². The molecule has 0 saturated carbocycles. The standard InChI is InChI=1S/C18H14N6O3S/c25-16(21-12-3-4-15(20-9-12)24-6-5-19-11-24)8-13-10-28-18(22-13)23-17(26)14-2-1-7-27-14/h1-7,9-11H,8H2,(H,21,25)(H,22,23,26). The molecule has 4 rings (SSSR count). The van der Waals surface area contributed by atoms with Gasteiger partial charge in [-0.3, -0.25) is 19.5 Å². The summed E-state index contributed by atoms with van der Waals surface area (Å²) in [5, 5.41) is 7.52. The van der Waals surface area contributed by atoms with E-state index in [-0.39, 0.29) is 24.0 Å². The quantitative estimate of drug-likeness (QED) is 0.520. The fourth-order valence-electron chi connectivity index (χ4n) is 2.39. The van der Waals surface area contributed by atoms with Gasteiger partial charge in [0.1, 0.15) is 12.1 Å². The van der Waals surface area contributed by atoms with Crippen molar-refractivity contribution in [3.63, 3.8) is 0 Å². The number of hydrogen-bond acceptors (Lipinski definition) is 7. The van der Waals surface area contributed by atoms with Gasteiger partial charge in [-0.2, -0.15) is 0 Å². The molecule has 0 fully saturated rings.